The molecule has 2 aromatic rings. The molecule has 7 nitrogen and oxygen atoms in total. The number of nitro benzene ring substituents is 1. The summed E-state index contributed by atoms with van der Waals surface area (Å²) in [5.41, 5.74) is -0.793. The fraction of sp³-hybridized carbons (Fsp3) is 0.176. The third-order valence-electron chi connectivity index (χ3n) is 3.61. The van der Waals surface area contributed by atoms with Gasteiger partial charge in [-0.2, -0.15) is 0 Å². The molecule has 0 aliphatic heterocycles. The Labute approximate surface area is 150 Å². The van der Waals surface area contributed by atoms with Gasteiger partial charge in [0.25, 0.3) is 11.6 Å². The number of amides is 1. The van der Waals surface area contributed by atoms with Crippen LogP contribution >= 0.6 is 0 Å². The Morgan fingerprint density at radius 3 is 2.19 bits per heavy atom. The van der Waals surface area contributed by atoms with Crippen LogP contribution in [0.1, 0.15) is 15.9 Å². The molecule has 0 aromatic heterocycles. The van der Waals surface area contributed by atoms with E-state index in [2.05, 4.69) is 10.1 Å². The number of nitrogens with zero attached hydrogens (tertiary/aromatic N) is 1. The van der Waals surface area contributed by atoms with Crippen LogP contribution in [-0.2, 0) is 16.0 Å². The lowest BCUT2D eigenvalue weighted by molar-refractivity contribution is -0.384. The number of halogens is 3. The maximum Gasteiger partial charge on any atom is 0.328 e. The highest BCUT2D eigenvalue weighted by molar-refractivity contribution is 5.97. The zero-order valence-corrected chi connectivity index (χ0v) is 13.9. The maximum atomic E-state index is 13.7. The van der Waals surface area contributed by atoms with E-state index >= 15 is 0 Å². The van der Waals surface area contributed by atoms with Crippen molar-refractivity contribution >= 4 is 17.6 Å². The van der Waals surface area contributed by atoms with E-state index in [1.165, 1.54) is 24.3 Å². The molecule has 0 heterocycles. The van der Waals surface area contributed by atoms with Crippen molar-refractivity contribution in [2.45, 2.75) is 12.5 Å². The molecule has 1 N–H and O–H groups in total. The molecule has 1 amide bonds. The smallest absolute Gasteiger partial charge is 0.328 e. The minimum absolute atomic E-state index is 0.152. The van der Waals surface area contributed by atoms with Gasteiger partial charge >= 0.3 is 5.97 Å². The highest BCUT2D eigenvalue weighted by Gasteiger charge is 2.26. The summed E-state index contributed by atoms with van der Waals surface area (Å²) < 4.78 is 45.0. The fourth-order valence-electron chi connectivity index (χ4n) is 2.31. The van der Waals surface area contributed by atoms with Gasteiger partial charge in [-0.15, -0.1) is 0 Å². The third-order valence-corrected chi connectivity index (χ3v) is 3.61. The summed E-state index contributed by atoms with van der Waals surface area (Å²) in [6.07, 6.45) is -0.152. The third kappa shape index (κ3) is 4.81. The molecule has 0 saturated carbocycles. The Morgan fingerprint density at radius 2 is 1.70 bits per heavy atom. The number of hydrogen-bond acceptors (Lipinski definition) is 5. The fourth-order valence-corrected chi connectivity index (χ4v) is 2.31. The van der Waals surface area contributed by atoms with Gasteiger partial charge in [-0.3, -0.25) is 14.9 Å². The second-order valence-electron chi connectivity index (χ2n) is 5.42. The Bertz CT molecular complexity index is 864. The van der Waals surface area contributed by atoms with E-state index in [1.807, 2.05) is 0 Å². The number of carbonyl (C=O) groups excluding carboxylic acids is 2. The first kappa shape index (κ1) is 19.9. The Hall–Kier alpha value is -3.43. The van der Waals surface area contributed by atoms with Gasteiger partial charge in [0.15, 0.2) is 0 Å². The van der Waals surface area contributed by atoms with E-state index in [9.17, 15) is 32.9 Å². The first-order valence-corrected chi connectivity index (χ1v) is 7.49. The first-order chi connectivity index (χ1) is 12.7. The highest BCUT2D eigenvalue weighted by atomic mass is 19.1. The van der Waals surface area contributed by atoms with Gasteiger partial charge < -0.3 is 10.1 Å². The summed E-state index contributed by atoms with van der Waals surface area (Å²) in [5.74, 6) is -6.23. The summed E-state index contributed by atoms with van der Waals surface area (Å²) in [6, 6.07) is 4.46. The average molecular weight is 382 g/mol. The molecule has 0 unspecified atom stereocenters. The zero-order valence-electron chi connectivity index (χ0n) is 13.9. The molecular formula is C17H13F3N2O5. The molecular weight excluding hydrogens is 369 g/mol. The second kappa shape index (κ2) is 8.30. The number of rotatable bonds is 6. The predicted octanol–water partition coefficient (Wildman–Crippen LogP) is 2.53. The minimum Gasteiger partial charge on any atom is -0.467 e. The van der Waals surface area contributed by atoms with E-state index in [0.29, 0.717) is 17.7 Å². The van der Waals surface area contributed by atoms with Gasteiger partial charge in [-0.1, -0.05) is 12.1 Å². The molecule has 0 radical (unpaired) electrons. The van der Waals surface area contributed by atoms with Gasteiger partial charge in [0.05, 0.1) is 12.0 Å². The normalized spacial score (nSPS) is 11.6. The van der Waals surface area contributed by atoms with Crippen molar-refractivity contribution < 1.29 is 32.4 Å². The Kier molecular flexibility index (Phi) is 6.11. The minimum atomic E-state index is -1.43. The number of benzene rings is 2. The second-order valence-corrected chi connectivity index (χ2v) is 5.42. The SMILES string of the molecule is COC(=O)[C@H](Cc1ccc([N+](=O)[O-])cc1)NC(=O)c1c(F)cc(F)cc1F. The van der Waals surface area contributed by atoms with Crippen molar-refractivity contribution in [3.63, 3.8) is 0 Å². The molecule has 2 aromatic carbocycles. The zero-order chi connectivity index (χ0) is 20.1. The van der Waals surface area contributed by atoms with E-state index in [0.717, 1.165) is 7.11 Å². The Balaban J connectivity index is 2.23. The van der Waals surface area contributed by atoms with Crippen LogP contribution in [0.15, 0.2) is 36.4 Å². The van der Waals surface area contributed by atoms with Crippen molar-refractivity contribution in [1.29, 1.82) is 0 Å². The Morgan fingerprint density at radius 1 is 1.15 bits per heavy atom. The van der Waals surface area contributed by atoms with Crippen LogP contribution in [0.25, 0.3) is 0 Å². The number of non-ortho nitro benzene ring substituents is 1. The number of methoxy groups -OCH3 is 1. The number of hydrogen-bond donors (Lipinski definition) is 1. The lowest BCUT2D eigenvalue weighted by atomic mass is 10.0. The largest absolute Gasteiger partial charge is 0.467 e. The molecule has 0 aliphatic carbocycles. The topological polar surface area (TPSA) is 98.5 Å². The molecule has 27 heavy (non-hydrogen) atoms. The van der Waals surface area contributed by atoms with Crippen molar-refractivity contribution in [1.82, 2.24) is 5.32 Å². The lowest BCUT2D eigenvalue weighted by Crippen LogP contribution is -2.43. The molecule has 0 aliphatic rings. The van der Waals surface area contributed by atoms with Crippen molar-refractivity contribution in [3.8, 4) is 0 Å². The van der Waals surface area contributed by atoms with E-state index < -0.39 is 45.9 Å². The van der Waals surface area contributed by atoms with Gasteiger partial charge in [-0.05, 0) is 5.56 Å². The first-order valence-electron chi connectivity index (χ1n) is 7.49. The highest BCUT2D eigenvalue weighted by Crippen LogP contribution is 2.17. The van der Waals surface area contributed by atoms with Crippen molar-refractivity contribution in [3.05, 3.63) is 75.1 Å². The van der Waals surface area contributed by atoms with E-state index in [4.69, 9.17) is 0 Å². The molecule has 2 rings (SSSR count). The summed E-state index contributed by atoms with van der Waals surface area (Å²) in [5, 5.41) is 12.8. The van der Waals surface area contributed by atoms with Gasteiger partial charge in [0, 0.05) is 30.7 Å². The number of nitrogens with one attached hydrogen (secondary N) is 1. The molecule has 0 saturated heterocycles. The quantitative estimate of drug-likeness (QED) is 0.470. The van der Waals surface area contributed by atoms with E-state index in [1.54, 1.807) is 0 Å². The summed E-state index contributed by atoms with van der Waals surface area (Å²) in [7, 11) is 1.05. The van der Waals surface area contributed by atoms with Crippen LogP contribution in [0.4, 0.5) is 18.9 Å². The van der Waals surface area contributed by atoms with Crippen LogP contribution in [0.2, 0.25) is 0 Å². The number of esters is 1. The van der Waals surface area contributed by atoms with Crippen LogP contribution in [0, 0.1) is 27.6 Å². The van der Waals surface area contributed by atoms with Crippen LogP contribution in [-0.4, -0.2) is 30.0 Å². The van der Waals surface area contributed by atoms with Crippen LogP contribution in [0.3, 0.4) is 0 Å². The number of nitro groups is 1. The average Bonchev–Trinajstić information content (AvgIpc) is 2.60. The van der Waals surface area contributed by atoms with Crippen LogP contribution in [0.5, 0.6) is 0 Å². The summed E-state index contributed by atoms with van der Waals surface area (Å²) in [6.45, 7) is 0. The van der Waals surface area contributed by atoms with Gasteiger partial charge in [0.2, 0.25) is 0 Å². The lowest BCUT2D eigenvalue weighted by Gasteiger charge is -2.17. The van der Waals surface area contributed by atoms with Crippen molar-refractivity contribution in [2.24, 2.45) is 0 Å². The summed E-state index contributed by atoms with van der Waals surface area (Å²) in [4.78, 5) is 34.1. The van der Waals surface area contributed by atoms with E-state index in [-0.39, 0.29) is 12.1 Å². The van der Waals surface area contributed by atoms with Gasteiger partial charge in [-0.25, -0.2) is 18.0 Å². The summed E-state index contributed by atoms with van der Waals surface area (Å²) >= 11 is 0. The molecule has 0 spiro atoms. The monoisotopic (exact) mass is 382 g/mol. The maximum absolute atomic E-state index is 13.7. The van der Waals surface area contributed by atoms with Crippen molar-refractivity contribution in [2.75, 3.05) is 7.11 Å². The molecule has 0 bridgehead atoms. The van der Waals surface area contributed by atoms with Crippen LogP contribution < -0.4 is 5.32 Å². The number of ether oxygens (including phenoxy) is 1. The number of carbonyl (C=O) groups is 2. The predicted molar refractivity (Wildman–Crippen MR) is 86.4 cm³/mol. The molecule has 10 heteroatoms. The molecule has 0 fully saturated rings. The molecule has 142 valence electrons. The van der Waals surface area contributed by atoms with Gasteiger partial charge in [0.1, 0.15) is 29.1 Å². The standard InChI is InChI=1S/C17H13F3N2O5/c1-27-17(24)14(6-9-2-4-11(5-3-9)22(25)26)21-16(23)15-12(19)7-10(18)8-13(15)20/h2-5,7-8,14H,6H2,1H3,(H,21,23)/t14-/m0/s1. The molecule has 1 atom stereocenters.